The Hall–Kier alpha value is -0.160. The van der Waals surface area contributed by atoms with Gasteiger partial charge in [0.25, 0.3) is 0 Å². The number of rotatable bonds is 7. The van der Waals surface area contributed by atoms with Gasteiger partial charge in [0.1, 0.15) is 0 Å². The predicted molar refractivity (Wildman–Crippen MR) is 77.3 cm³/mol. The maximum Gasteiger partial charge on any atom is 0.0697 e. The fourth-order valence-corrected chi connectivity index (χ4v) is 3.66. The summed E-state index contributed by atoms with van der Waals surface area (Å²) in [6, 6.07) is 0.661. The maximum absolute atomic E-state index is 6.13. The highest BCUT2D eigenvalue weighted by Crippen LogP contribution is 2.41. The van der Waals surface area contributed by atoms with Gasteiger partial charge in [0.2, 0.25) is 0 Å². The summed E-state index contributed by atoms with van der Waals surface area (Å²) in [7, 11) is 1.78. The molecule has 2 N–H and O–H groups in total. The van der Waals surface area contributed by atoms with Crippen LogP contribution >= 0.6 is 0 Å². The smallest absolute Gasteiger partial charge is 0.0697 e. The molecule has 1 aliphatic carbocycles. The molecule has 1 aliphatic heterocycles. The van der Waals surface area contributed by atoms with Crippen LogP contribution in [0.5, 0.6) is 0 Å². The predicted octanol–water partition coefficient (Wildman–Crippen LogP) is 1.78. The first-order valence-corrected chi connectivity index (χ1v) is 7.87. The Morgan fingerprint density at radius 3 is 2.79 bits per heavy atom. The van der Waals surface area contributed by atoms with Gasteiger partial charge in [-0.15, -0.1) is 0 Å². The van der Waals surface area contributed by atoms with Gasteiger partial charge in [0.05, 0.1) is 12.2 Å². The normalized spacial score (nSPS) is 26.4. The van der Waals surface area contributed by atoms with Crippen LogP contribution in [0.4, 0.5) is 0 Å². The van der Waals surface area contributed by atoms with Crippen molar-refractivity contribution in [3.05, 3.63) is 0 Å². The molecule has 2 rings (SSSR count). The van der Waals surface area contributed by atoms with Crippen LogP contribution in [0.1, 0.15) is 44.9 Å². The lowest BCUT2D eigenvalue weighted by Crippen LogP contribution is -2.49. The third-order valence-electron chi connectivity index (χ3n) is 4.73. The maximum atomic E-state index is 6.13. The van der Waals surface area contributed by atoms with Gasteiger partial charge in [-0.1, -0.05) is 12.8 Å². The molecule has 2 aliphatic rings. The molecule has 0 bridgehead atoms. The summed E-state index contributed by atoms with van der Waals surface area (Å²) >= 11 is 0. The van der Waals surface area contributed by atoms with Crippen molar-refractivity contribution in [2.45, 2.75) is 56.6 Å². The molecule has 0 aromatic heterocycles. The Bertz CT molecular complexity index is 247. The molecule has 0 aromatic rings. The standard InChI is InChI=1S/C15H30N2O2/c1-18-12-10-17(9-4-8-16)14-5-11-19-15(13-14)6-2-3-7-15/h14H,2-13,16H2,1H3. The lowest BCUT2D eigenvalue weighted by Gasteiger charge is -2.43. The minimum atomic E-state index is 0.205. The number of nitrogens with two attached hydrogens (primary N) is 1. The van der Waals surface area contributed by atoms with Crippen molar-refractivity contribution in [3.8, 4) is 0 Å². The molecular weight excluding hydrogens is 240 g/mol. The van der Waals surface area contributed by atoms with E-state index in [1.165, 1.54) is 32.1 Å². The molecule has 4 heteroatoms. The van der Waals surface area contributed by atoms with E-state index in [4.69, 9.17) is 15.2 Å². The second kappa shape index (κ2) is 7.58. The number of hydrogen-bond donors (Lipinski definition) is 1. The van der Waals surface area contributed by atoms with Crippen LogP contribution in [0, 0.1) is 0 Å². The van der Waals surface area contributed by atoms with E-state index in [0.29, 0.717) is 6.04 Å². The number of hydrogen-bond acceptors (Lipinski definition) is 4. The van der Waals surface area contributed by atoms with E-state index in [-0.39, 0.29) is 5.60 Å². The summed E-state index contributed by atoms with van der Waals surface area (Å²) in [5, 5.41) is 0. The van der Waals surface area contributed by atoms with Gasteiger partial charge in [-0.05, 0) is 45.2 Å². The summed E-state index contributed by atoms with van der Waals surface area (Å²) in [6.07, 6.45) is 8.66. The fraction of sp³-hybridized carbons (Fsp3) is 1.00. The van der Waals surface area contributed by atoms with Gasteiger partial charge >= 0.3 is 0 Å². The van der Waals surface area contributed by atoms with Crippen LogP contribution in [0.15, 0.2) is 0 Å². The third kappa shape index (κ3) is 4.15. The molecular formula is C15H30N2O2. The topological polar surface area (TPSA) is 47.7 Å². The Kier molecular flexibility index (Phi) is 6.07. The molecule has 2 fully saturated rings. The van der Waals surface area contributed by atoms with E-state index in [0.717, 1.165) is 45.7 Å². The average Bonchev–Trinajstić information content (AvgIpc) is 2.87. The van der Waals surface area contributed by atoms with E-state index in [2.05, 4.69) is 4.90 Å². The summed E-state index contributed by atoms with van der Waals surface area (Å²) < 4.78 is 11.4. The summed E-state index contributed by atoms with van der Waals surface area (Å²) in [4.78, 5) is 2.58. The Balaban J connectivity index is 1.90. The molecule has 1 spiro atoms. The SMILES string of the molecule is COCCN(CCCN)C1CCOC2(CCCC2)C1. The first-order chi connectivity index (χ1) is 9.29. The van der Waals surface area contributed by atoms with Crippen molar-refractivity contribution in [1.82, 2.24) is 4.90 Å². The lowest BCUT2D eigenvalue weighted by atomic mass is 9.88. The van der Waals surface area contributed by atoms with Gasteiger partial charge < -0.3 is 15.2 Å². The highest BCUT2D eigenvalue weighted by Gasteiger charge is 2.41. The average molecular weight is 270 g/mol. The molecule has 0 amide bonds. The lowest BCUT2D eigenvalue weighted by molar-refractivity contribution is -0.103. The summed E-state index contributed by atoms with van der Waals surface area (Å²) in [5.74, 6) is 0. The van der Waals surface area contributed by atoms with Crippen LogP contribution in [0.2, 0.25) is 0 Å². The van der Waals surface area contributed by atoms with Gasteiger partial charge in [0.15, 0.2) is 0 Å². The van der Waals surface area contributed by atoms with Crippen LogP contribution in [-0.4, -0.2) is 56.5 Å². The fourth-order valence-electron chi connectivity index (χ4n) is 3.66. The van der Waals surface area contributed by atoms with Gasteiger partial charge in [-0.2, -0.15) is 0 Å². The van der Waals surface area contributed by atoms with Crippen LogP contribution in [0.3, 0.4) is 0 Å². The minimum absolute atomic E-state index is 0.205. The van der Waals surface area contributed by atoms with Crippen LogP contribution < -0.4 is 5.73 Å². The quantitative estimate of drug-likeness (QED) is 0.766. The van der Waals surface area contributed by atoms with Crippen molar-refractivity contribution >= 4 is 0 Å². The second-order valence-corrected chi connectivity index (χ2v) is 6.06. The van der Waals surface area contributed by atoms with Crippen molar-refractivity contribution in [2.24, 2.45) is 5.73 Å². The van der Waals surface area contributed by atoms with E-state index in [1.807, 2.05) is 0 Å². The largest absolute Gasteiger partial charge is 0.383 e. The molecule has 4 nitrogen and oxygen atoms in total. The highest BCUT2D eigenvalue weighted by atomic mass is 16.5. The molecule has 1 heterocycles. The van der Waals surface area contributed by atoms with Crippen molar-refractivity contribution < 1.29 is 9.47 Å². The number of ether oxygens (including phenoxy) is 2. The number of nitrogens with zero attached hydrogens (tertiary/aromatic N) is 1. The van der Waals surface area contributed by atoms with Gasteiger partial charge in [-0.25, -0.2) is 0 Å². The van der Waals surface area contributed by atoms with E-state index >= 15 is 0 Å². The number of methoxy groups -OCH3 is 1. The molecule has 0 radical (unpaired) electrons. The van der Waals surface area contributed by atoms with Crippen LogP contribution in [0.25, 0.3) is 0 Å². The first-order valence-electron chi connectivity index (χ1n) is 7.87. The zero-order valence-electron chi connectivity index (χ0n) is 12.4. The van der Waals surface area contributed by atoms with Crippen molar-refractivity contribution in [3.63, 3.8) is 0 Å². The molecule has 0 aromatic carbocycles. The first kappa shape index (κ1) is 15.2. The summed E-state index contributed by atoms with van der Waals surface area (Å²) in [6.45, 7) is 4.64. The zero-order chi connectivity index (χ0) is 13.6. The molecule has 1 saturated carbocycles. The Labute approximate surface area is 117 Å². The minimum Gasteiger partial charge on any atom is -0.383 e. The molecule has 1 unspecified atom stereocenters. The molecule has 112 valence electrons. The molecule has 19 heavy (non-hydrogen) atoms. The Morgan fingerprint density at radius 2 is 2.11 bits per heavy atom. The highest BCUT2D eigenvalue weighted by molar-refractivity contribution is 4.94. The van der Waals surface area contributed by atoms with Crippen molar-refractivity contribution in [1.29, 1.82) is 0 Å². The third-order valence-corrected chi connectivity index (χ3v) is 4.73. The molecule has 1 atom stereocenters. The zero-order valence-corrected chi connectivity index (χ0v) is 12.4. The summed E-state index contributed by atoms with van der Waals surface area (Å²) in [5.41, 5.74) is 5.87. The van der Waals surface area contributed by atoms with E-state index in [9.17, 15) is 0 Å². The van der Waals surface area contributed by atoms with E-state index in [1.54, 1.807) is 7.11 Å². The van der Waals surface area contributed by atoms with Gasteiger partial charge in [-0.3, -0.25) is 4.90 Å². The van der Waals surface area contributed by atoms with Crippen molar-refractivity contribution in [2.75, 3.05) is 40.0 Å². The molecule has 1 saturated heterocycles. The van der Waals surface area contributed by atoms with Gasteiger partial charge in [0, 0.05) is 26.3 Å². The monoisotopic (exact) mass is 270 g/mol. The second-order valence-electron chi connectivity index (χ2n) is 6.06. The Morgan fingerprint density at radius 1 is 1.32 bits per heavy atom. The van der Waals surface area contributed by atoms with Crippen LogP contribution in [-0.2, 0) is 9.47 Å². The van der Waals surface area contributed by atoms with E-state index < -0.39 is 0 Å².